The molecule has 4 rings (SSSR count). The number of amidine groups is 1. The molecule has 0 saturated carbocycles. The Morgan fingerprint density at radius 1 is 1.09 bits per heavy atom. The first kappa shape index (κ1) is 14.4. The predicted molar refractivity (Wildman–Crippen MR) is 90.3 cm³/mol. The summed E-state index contributed by atoms with van der Waals surface area (Å²) in [6.45, 7) is 3.53. The molecule has 2 heterocycles. The summed E-state index contributed by atoms with van der Waals surface area (Å²) < 4.78 is 6.01. The lowest BCUT2D eigenvalue weighted by Crippen LogP contribution is -2.46. The van der Waals surface area contributed by atoms with Gasteiger partial charge in [0.2, 0.25) is 0 Å². The van der Waals surface area contributed by atoms with Gasteiger partial charge in [0.1, 0.15) is 23.0 Å². The van der Waals surface area contributed by atoms with Gasteiger partial charge in [-0.05, 0) is 30.3 Å². The van der Waals surface area contributed by atoms with Crippen molar-refractivity contribution < 1.29 is 9.84 Å². The van der Waals surface area contributed by atoms with Crippen molar-refractivity contribution in [2.75, 3.05) is 26.2 Å². The molecule has 2 aromatic rings. The molecule has 2 N–H and O–H groups in total. The molecule has 6 heteroatoms. The number of nitrogens with zero attached hydrogens (tertiary/aromatic N) is 2. The van der Waals surface area contributed by atoms with Gasteiger partial charge in [0.25, 0.3) is 0 Å². The topological polar surface area (TPSA) is 57.1 Å². The molecule has 0 amide bonds. The molecule has 2 aromatic carbocycles. The van der Waals surface area contributed by atoms with E-state index < -0.39 is 0 Å². The quantitative estimate of drug-likeness (QED) is 0.779. The summed E-state index contributed by atoms with van der Waals surface area (Å²) in [6.07, 6.45) is 0. The van der Waals surface area contributed by atoms with Crippen LogP contribution in [0.1, 0.15) is 5.56 Å². The number of aromatic hydroxyl groups is 1. The Morgan fingerprint density at radius 2 is 1.87 bits per heavy atom. The van der Waals surface area contributed by atoms with Crippen LogP contribution in [0.4, 0.5) is 5.69 Å². The van der Waals surface area contributed by atoms with E-state index in [0.717, 1.165) is 43.3 Å². The highest BCUT2D eigenvalue weighted by atomic mass is 35.5. The lowest BCUT2D eigenvalue weighted by Gasteiger charge is -2.30. The second-order valence-corrected chi connectivity index (χ2v) is 6.00. The van der Waals surface area contributed by atoms with E-state index in [9.17, 15) is 5.11 Å². The zero-order valence-corrected chi connectivity index (χ0v) is 13.2. The fraction of sp³-hybridized carbons (Fsp3) is 0.235. The summed E-state index contributed by atoms with van der Waals surface area (Å²) in [5.41, 5.74) is 1.49. The zero-order valence-electron chi connectivity index (χ0n) is 12.4. The van der Waals surface area contributed by atoms with Crippen LogP contribution in [0.3, 0.4) is 0 Å². The van der Waals surface area contributed by atoms with E-state index in [1.54, 1.807) is 24.3 Å². The van der Waals surface area contributed by atoms with E-state index in [2.05, 4.69) is 10.2 Å². The summed E-state index contributed by atoms with van der Waals surface area (Å²) in [4.78, 5) is 6.99. The number of phenols is 1. The number of rotatable bonds is 0. The highest BCUT2D eigenvalue weighted by Gasteiger charge is 2.24. The number of nitrogens with one attached hydrogen (secondary N) is 1. The number of piperazine rings is 1. The van der Waals surface area contributed by atoms with Crippen molar-refractivity contribution in [1.29, 1.82) is 0 Å². The molecule has 118 valence electrons. The van der Waals surface area contributed by atoms with Crippen LogP contribution in [0.15, 0.2) is 41.4 Å². The smallest absolute Gasteiger partial charge is 0.153 e. The lowest BCUT2D eigenvalue weighted by atomic mass is 10.1. The van der Waals surface area contributed by atoms with E-state index >= 15 is 0 Å². The van der Waals surface area contributed by atoms with Crippen molar-refractivity contribution in [3.05, 3.63) is 47.0 Å². The van der Waals surface area contributed by atoms with Crippen LogP contribution in [0.5, 0.6) is 17.2 Å². The third-order valence-corrected chi connectivity index (χ3v) is 4.22. The predicted octanol–water partition coefficient (Wildman–Crippen LogP) is 3.13. The Balaban J connectivity index is 1.89. The minimum absolute atomic E-state index is 0.166. The highest BCUT2D eigenvalue weighted by molar-refractivity contribution is 6.31. The standard InChI is InChI=1S/C17H16ClN3O2/c18-11-1-3-15-13(9-11)17(21-7-5-19-6-8-21)20-14-10-12(22)2-4-16(14)23-15/h1-4,9-10,19,22H,5-8H2. The van der Waals surface area contributed by atoms with E-state index in [4.69, 9.17) is 21.3 Å². The molecule has 1 fully saturated rings. The molecule has 0 radical (unpaired) electrons. The summed E-state index contributed by atoms with van der Waals surface area (Å²) in [5, 5.41) is 13.7. The molecule has 2 aliphatic rings. The largest absolute Gasteiger partial charge is 0.508 e. The van der Waals surface area contributed by atoms with Crippen molar-refractivity contribution in [3.63, 3.8) is 0 Å². The van der Waals surface area contributed by atoms with Gasteiger partial charge in [0.15, 0.2) is 5.75 Å². The number of hydrogen-bond donors (Lipinski definition) is 2. The zero-order chi connectivity index (χ0) is 15.8. The Hall–Kier alpha value is -2.24. The molecule has 0 atom stereocenters. The van der Waals surface area contributed by atoms with Gasteiger partial charge in [-0.2, -0.15) is 0 Å². The van der Waals surface area contributed by atoms with Crippen LogP contribution in [-0.4, -0.2) is 42.0 Å². The van der Waals surface area contributed by atoms with Gasteiger partial charge in [0, 0.05) is 37.3 Å². The molecule has 1 saturated heterocycles. The average molecular weight is 330 g/mol. The van der Waals surface area contributed by atoms with Gasteiger partial charge in [-0.25, -0.2) is 4.99 Å². The van der Waals surface area contributed by atoms with Gasteiger partial charge >= 0.3 is 0 Å². The normalized spacial score (nSPS) is 16.7. The van der Waals surface area contributed by atoms with Crippen molar-refractivity contribution in [1.82, 2.24) is 10.2 Å². The van der Waals surface area contributed by atoms with E-state index in [1.165, 1.54) is 0 Å². The third-order valence-electron chi connectivity index (χ3n) is 3.99. The summed E-state index contributed by atoms with van der Waals surface area (Å²) in [7, 11) is 0. The second kappa shape index (κ2) is 5.76. The fourth-order valence-corrected chi connectivity index (χ4v) is 3.03. The number of benzene rings is 2. The van der Waals surface area contributed by atoms with Gasteiger partial charge in [-0.15, -0.1) is 0 Å². The van der Waals surface area contributed by atoms with Crippen LogP contribution < -0.4 is 10.1 Å². The van der Waals surface area contributed by atoms with E-state index in [-0.39, 0.29) is 5.75 Å². The Bertz CT molecular complexity index is 785. The number of halogens is 1. The average Bonchev–Trinajstić information content (AvgIpc) is 2.72. The molecule has 0 spiro atoms. The van der Waals surface area contributed by atoms with Gasteiger partial charge in [-0.1, -0.05) is 11.6 Å². The van der Waals surface area contributed by atoms with Crippen molar-refractivity contribution in [2.24, 2.45) is 4.99 Å². The monoisotopic (exact) mass is 329 g/mol. The van der Waals surface area contributed by atoms with Gasteiger partial charge < -0.3 is 20.1 Å². The molecule has 0 aliphatic carbocycles. The highest BCUT2D eigenvalue weighted by Crippen LogP contribution is 2.40. The Morgan fingerprint density at radius 3 is 2.70 bits per heavy atom. The lowest BCUT2D eigenvalue weighted by molar-refractivity contribution is 0.357. The molecule has 0 aromatic heterocycles. The minimum atomic E-state index is 0.166. The van der Waals surface area contributed by atoms with E-state index in [1.807, 2.05) is 12.1 Å². The molecule has 2 aliphatic heterocycles. The van der Waals surface area contributed by atoms with Crippen LogP contribution >= 0.6 is 11.6 Å². The van der Waals surface area contributed by atoms with Crippen LogP contribution in [0.2, 0.25) is 5.02 Å². The number of ether oxygens (including phenoxy) is 1. The van der Waals surface area contributed by atoms with E-state index in [0.29, 0.717) is 16.5 Å². The Labute approximate surface area is 139 Å². The SMILES string of the molecule is Oc1ccc2c(c1)N=C(N1CCNCC1)c1cc(Cl)ccc1O2. The summed E-state index contributed by atoms with van der Waals surface area (Å²) >= 11 is 6.19. The maximum absolute atomic E-state index is 9.77. The maximum atomic E-state index is 9.77. The second-order valence-electron chi connectivity index (χ2n) is 5.57. The maximum Gasteiger partial charge on any atom is 0.153 e. The molecule has 0 bridgehead atoms. The summed E-state index contributed by atoms with van der Waals surface area (Å²) in [6, 6.07) is 10.5. The first-order valence-corrected chi connectivity index (χ1v) is 7.94. The molecule has 5 nitrogen and oxygen atoms in total. The number of fused-ring (bicyclic) bond motifs is 2. The number of phenolic OH excluding ortho intramolecular Hbond substituents is 1. The molecular weight excluding hydrogens is 314 g/mol. The van der Waals surface area contributed by atoms with Gasteiger partial charge in [-0.3, -0.25) is 0 Å². The molecule has 23 heavy (non-hydrogen) atoms. The first-order chi connectivity index (χ1) is 11.2. The third kappa shape index (κ3) is 2.73. The van der Waals surface area contributed by atoms with Crippen LogP contribution in [0, 0.1) is 0 Å². The molecular formula is C17H16ClN3O2. The number of aliphatic imine (C=N–C) groups is 1. The first-order valence-electron chi connectivity index (χ1n) is 7.56. The van der Waals surface area contributed by atoms with Crippen molar-refractivity contribution in [3.8, 4) is 17.2 Å². The Kier molecular flexibility index (Phi) is 3.59. The summed E-state index contributed by atoms with van der Waals surface area (Å²) in [5.74, 6) is 2.33. The fourth-order valence-electron chi connectivity index (χ4n) is 2.86. The number of hydrogen-bond acceptors (Lipinski definition) is 5. The van der Waals surface area contributed by atoms with Crippen LogP contribution in [0.25, 0.3) is 0 Å². The van der Waals surface area contributed by atoms with Crippen molar-refractivity contribution in [2.45, 2.75) is 0 Å². The molecule has 0 unspecified atom stereocenters. The minimum Gasteiger partial charge on any atom is -0.508 e. The van der Waals surface area contributed by atoms with Gasteiger partial charge in [0.05, 0.1) is 5.56 Å². The van der Waals surface area contributed by atoms with Crippen molar-refractivity contribution >= 4 is 23.1 Å². The van der Waals surface area contributed by atoms with Crippen LogP contribution in [-0.2, 0) is 0 Å².